The van der Waals surface area contributed by atoms with E-state index in [4.69, 9.17) is 0 Å². The molecule has 1 aliphatic rings. The third-order valence-electron chi connectivity index (χ3n) is 3.12. The van der Waals surface area contributed by atoms with Gasteiger partial charge in [0.1, 0.15) is 0 Å². The molecule has 0 saturated carbocycles. The van der Waals surface area contributed by atoms with Gasteiger partial charge < -0.3 is 4.90 Å². The average Bonchev–Trinajstić information content (AvgIpc) is 2.30. The molecule has 6 heteroatoms. The van der Waals surface area contributed by atoms with E-state index in [1.54, 1.807) is 16.4 Å². The summed E-state index contributed by atoms with van der Waals surface area (Å²) in [5.74, 6) is 0. The Hall–Kier alpha value is -0.620. The molecule has 18 heavy (non-hydrogen) atoms. The Labute approximate surface area is 115 Å². The van der Waals surface area contributed by atoms with E-state index in [9.17, 15) is 8.42 Å². The number of hydrogen-bond acceptors (Lipinski definition) is 3. The van der Waals surface area contributed by atoms with Gasteiger partial charge in [0.25, 0.3) is 0 Å². The van der Waals surface area contributed by atoms with Gasteiger partial charge in [-0.3, -0.25) is 0 Å². The minimum Gasteiger partial charge on any atom is -0.304 e. The van der Waals surface area contributed by atoms with Gasteiger partial charge in [-0.25, -0.2) is 8.42 Å². The Morgan fingerprint density at radius 3 is 2.00 bits per heavy atom. The van der Waals surface area contributed by atoms with E-state index in [-0.39, 0.29) is 12.4 Å². The second kappa shape index (κ2) is 6.02. The summed E-state index contributed by atoms with van der Waals surface area (Å²) in [4.78, 5) is 2.54. The van der Waals surface area contributed by atoms with Crippen LogP contribution in [0.1, 0.15) is 5.56 Å². The lowest BCUT2D eigenvalue weighted by molar-refractivity contribution is 0.222. The van der Waals surface area contributed by atoms with Gasteiger partial charge in [-0.1, -0.05) is 17.7 Å². The lowest BCUT2D eigenvalue weighted by Gasteiger charge is -2.31. The molecule has 0 amide bonds. The summed E-state index contributed by atoms with van der Waals surface area (Å²) < 4.78 is 26.2. The van der Waals surface area contributed by atoms with E-state index in [0.29, 0.717) is 18.0 Å². The molecule has 1 fully saturated rings. The fourth-order valence-electron chi connectivity index (χ4n) is 1.89. The summed E-state index contributed by atoms with van der Waals surface area (Å²) in [7, 11) is -1.29. The van der Waals surface area contributed by atoms with Crippen molar-refractivity contribution in [1.82, 2.24) is 9.21 Å². The normalized spacial score (nSPS) is 18.3. The van der Waals surface area contributed by atoms with Crippen LogP contribution in [0, 0.1) is 6.92 Å². The van der Waals surface area contributed by atoms with Crippen molar-refractivity contribution in [1.29, 1.82) is 0 Å². The smallest absolute Gasteiger partial charge is 0.243 e. The minimum absolute atomic E-state index is 0. The summed E-state index contributed by atoms with van der Waals surface area (Å²) >= 11 is 0. The second-order valence-corrected chi connectivity index (χ2v) is 6.46. The second-order valence-electron chi connectivity index (χ2n) is 4.52. The van der Waals surface area contributed by atoms with Crippen molar-refractivity contribution in [2.75, 3.05) is 33.2 Å². The summed E-state index contributed by atoms with van der Waals surface area (Å²) in [5, 5.41) is 0. The molecule has 0 spiro atoms. The molecule has 1 saturated heterocycles. The van der Waals surface area contributed by atoms with E-state index in [1.807, 2.05) is 26.1 Å². The molecule has 2 rings (SSSR count). The maximum Gasteiger partial charge on any atom is 0.243 e. The fraction of sp³-hybridized carbons (Fsp3) is 0.500. The summed E-state index contributed by atoms with van der Waals surface area (Å²) in [6.45, 7) is 4.70. The van der Waals surface area contributed by atoms with Crippen LogP contribution in [-0.2, 0) is 10.0 Å². The third kappa shape index (κ3) is 3.23. The van der Waals surface area contributed by atoms with Crippen LogP contribution < -0.4 is 0 Å². The third-order valence-corrected chi connectivity index (χ3v) is 5.03. The van der Waals surface area contributed by atoms with E-state index >= 15 is 0 Å². The van der Waals surface area contributed by atoms with Crippen molar-refractivity contribution in [2.45, 2.75) is 11.8 Å². The van der Waals surface area contributed by atoms with E-state index < -0.39 is 10.0 Å². The number of rotatable bonds is 2. The number of piperazine rings is 1. The number of likely N-dealkylation sites (N-methyl/N-ethyl adjacent to an activating group) is 1. The molecular formula is C12H19ClN2O2S. The zero-order valence-corrected chi connectivity index (χ0v) is 12.3. The lowest BCUT2D eigenvalue weighted by atomic mass is 10.2. The Morgan fingerprint density at radius 2 is 1.50 bits per heavy atom. The van der Waals surface area contributed by atoms with Gasteiger partial charge in [0, 0.05) is 26.2 Å². The van der Waals surface area contributed by atoms with E-state index in [2.05, 4.69) is 4.90 Å². The molecule has 1 aromatic rings. The van der Waals surface area contributed by atoms with Crippen LogP contribution in [-0.4, -0.2) is 50.8 Å². The highest BCUT2D eigenvalue weighted by Crippen LogP contribution is 2.17. The van der Waals surface area contributed by atoms with Gasteiger partial charge in [-0.05, 0) is 26.1 Å². The van der Waals surface area contributed by atoms with Crippen LogP contribution in [0.2, 0.25) is 0 Å². The molecule has 1 heterocycles. The highest BCUT2D eigenvalue weighted by molar-refractivity contribution is 7.89. The molecule has 1 aliphatic heterocycles. The first-order chi connectivity index (χ1) is 8.00. The molecule has 0 radical (unpaired) electrons. The first kappa shape index (κ1) is 15.4. The molecular weight excluding hydrogens is 272 g/mol. The van der Waals surface area contributed by atoms with Gasteiger partial charge in [-0.15, -0.1) is 12.4 Å². The van der Waals surface area contributed by atoms with Crippen molar-refractivity contribution < 1.29 is 8.42 Å². The topological polar surface area (TPSA) is 40.6 Å². The predicted molar refractivity (Wildman–Crippen MR) is 74.7 cm³/mol. The molecule has 0 bridgehead atoms. The first-order valence-electron chi connectivity index (χ1n) is 5.75. The molecule has 0 atom stereocenters. The van der Waals surface area contributed by atoms with Crippen molar-refractivity contribution >= 4 is 22.4 Å². The Bertz CT molecular complexity index is 479. The van der Waals surface area contributed by atoms with Gasteiger partial charge in [-0.2, -0.15) is 4.31 Å². The standard InChI is InChI=1S/C12H18N2O2S.ClH/c1-11-3-5-12(6-4-11)17(15,16)14-9-7-13(2)8-10-14;/h3-6H,7-10H2,1-2H3;1H. The minimum atomic E-state index is -3.30. The van der Waals surface area contributed by atoms with Crippen LogP contribution in [0.15, 0.2) is 29.2 Å². The number of nitrogens with zero attached hydrogens (tertiary/aromatic N) is 2. The molecule has 0 N–H and O–H groups in total. The molecule has 0 aromatic heterocycles. The van der Waals surface area contributed by atoms with Crippen LogP contribution in [0.3, 0.4) is 0 Å². The van der Waals surface area contributed by atoms with E-state index in [1.165, 1.54) is 0 Å². The van der Waals surface area contributed by atoms with Crippen LogP contribution in [0.4, 0.5) is 0 Å². The summed E-state index contributed by atoms with van der Waals surface area (Å²) in [6, 6.07) is 7.04. The number of aryl methyl sites for hydroxylation is 1. The fourth-order valence-corrected chi connectivity index (χ4v) is 3.31. The quantitative estimate of drug-likeness (QED) is 0.826. The maximum absolute atomic E-state index is 12.3. The summed E-state index contributed by atoms with van der Waals surface area (Å²) in [5.41, 5.74) is 1.07. The maximum atomic E-state index is 12.3. The zero-order valence-electron chi connectivity index (χ0n) is 10.7. The molecule has 1 aromatic carbocycles. The van der Waals surface area contributed by atoms with Crippen molar-refractivity contribution in [3.63, 3.8) is 0 Å². The van der Waals surface area contributed by atoms with Gasteiger partial charge in [0.15, 0.2) is 0 Å². The highest BCUT2D eigenvalue weighted by atomic mass is 35.5. The van der Waals surface area contributed by atoms with Crippen molar-refractivity contribution in [3.8, 4) is 0 Å². The van der Waals surface area contributed by atoms with Crippen molar-refractivity contribution in [3.05, 3.63) is 29.8 Å². The lowest BCUT2D eigenvalue weighted by Crippen LogP contribution is -2.46. The summed E-state index contributed by atoms with van der Waals surface area (Å²) in [6.07, 6.45) is 0. The van der Waals surface area contributed by atoms with E-state index in [0.717, 1.165) is 18.7 Å². The number of hydrogen-bond donors (Lipinski definition) is 0. The molecule has 0 aliphatic carbocycles. The van der Waals surface area contributed by atoms with Crippen LogP contribution in [0.5, 0.6) is 0 Å². The number of halogens is 1. The highest BCUT2D eigenvalue weighted by Gasteiger charge is 2.26. The average molecular weight is 291 g/mol. The number of sulfonamides is 1. The molecule has 102 valence electrons. The SMILES string of the molecule is Cc1ccc(S(=O)(=O)N2CCN(C)CC2)cc1.Cl. The largest absolute Gasteiger partial charge is 0.304 e. The Balaban J connectivity index is 0.00000162. The van der Waals surface area contributed by atoms with Gasteiger partial charge in [0.2, 0.25) is 10.0 Å². The Morgan fingerprint density at radius 1 is 1.00 bits per heavy atom. The monoisotopic (exact) mass is 290 g/mol. The molecule has 4 nitrogen and oxygen atoms in total. The van der Waals surface area contributed by atoms with Gasteiger partial charge >= 0.3 is 0 Å². The first-order valence-corrected chi connectivity index (χ1v) is 7.19. The van der Waals surface area contributed by atoms with Crippen LogP contribution in [0.25, 0.3) is 0 Å². The Kier molecular flexibility index (Phi) is 5.16. The zero-order chi connectivity index (χ0) is 12.5. The predicted octanol–water partition coefficient (Wildman–Crippen LogP) is 1.35. The van der Waals surface area contributed by atoms with Gasteiger partial charge in [0.05, 0.1) is 4.90 Å². The van der Waals surface area contributed by atoms with Crippen molar-refractivity contribution in [2.24, 2.45) is 0 Å². The molecule has 0 unspecified atom stereocenters. The number of benzene rings is 1. The van der Waals surface area contributed by atoms with Crippen LogP contribution >= 0.6 is 12.4 Å².